The lowest BCUT2D eigenvalue weighted by Crippen LogP contribution is -2.03. The molecule has 0 amide bonds. The maximum atomic E-state index is 11.2. The zero-order valence-corrected chi connectivity index (χ0v) is 8.84. The Kier molecular flexibility index (Phi) is 2.95. The highest BCUT2D eigenvalue weighted by atomic mass is 32.2. The number of ether oxygens (including phenoxy) is 1. The van der Waals surface area contributed by atoms with Gasteiger partial charge in [0.2, 0.25) is 0 Å². The number of pyridine rings is 1. The SMILES string of the molecule is CCOc1cc(S(C)(=O)=O)cnc1N. The van der Waals surface area contributed by atoms with Crippen molar-refractivity contribution in [2.75, 3.05) is 18.6 Å². The monoisotopic (exact) mass is 216 g/mol. The molecule has 0 saturated carbocycles. The van der Waals surface area contributed by atoms with Crippen LogP contribution in [0, 0.1) is 0 Å². The van der Waals surface area contributed by atoms with Crippen LogP contribution in [0.15, 0.2) is 17.2 Å². The molecule has 78 valence electrons. The summed E-state index contributed by atoms with van der Waals surface area (Å²) in [7, 11) is -3.26. The normalized spacial score (nSPS) is 11.3. The van der Waals surface area contributed by atoms with Crippen LogP contribution in [0.1, 0.15) is 6.92 Å². The summed E-state index contributed by atoms with van der Waals surface area (Å²) >= 11 is 0. The minimum absolute atomic E-state index is 0.107. The molecule has 0 aliphatic rings. The highest BCUT2D eigenvalue weighted by molar-refractivity contribution is 7.90. The average Bonchev–Trinajstić information content (AvgIpc) is 2.07. The van der Waals surface area contributed by atoms with E-state index in [1.54, 1.807) is 6.92 Å². The van der Waals surface area contributed by atoms with Crippen molar-refractivity contribution in [2.45, 2.75) is 11.8 Å². The van der Waals surface area contributed by atoms with Gasteiger partial charge in [-0.2, -0.15) is 0 Å². The van der Waals surface area contributed by atoms with E-state index < -0.39 is 9.84 Å². The highest BCUT2D eigenvalue weighted by Gasteiger charge is 2.11. The second kappa shape index (κ2) is 3.83. The third kappa shape index (κ3) is 2.35. The highest BCUT2D eigenvalue weighted by Crippen LogP contribution is 2.22. The lowest BCUT2D eigenvalue weighted by molar-refractivity contribution is 0.340. The van der Waals surface area contributed by atoms with Crippen LogP contribution < -0.4 is 10.5 Å². The van der Waals surface area contributed by atoms with Crippen LogP contribution in [0.3, 0.4) is 0 Å². The first-order valence-corrected chi connectivity index (χ1v) is 5.92. The molecule has 0 atom stereocenters. The summed E-state index contributed by atoms with van der Waals surface area (Å²) in [6, 6.07) is 1.38. The van der Waals surface area contributed by atoms with Gasteiger partial charge in [0.1, 0.15) is 0 Å². The molecule has 0 radical (unpaired) electrons. The number of sulfone groups is 1. The van der Waals surface area contributed by atoms with Gasteiger partial charge >= 0.3 is 0 Å². The smallest absolute Gasteiger partial charge is 0.177 e. The molecule has 5 nitrogen and oxygen atoms in total. The first-order valence-electron chi connectivity index (χ1n) is 4.03. The Morgan fingerprint density at radius 2 is 2.21 bits per heavy atom. The second-order valence-electron chi connectivity index (χ2n) is 2.76. The first-order chi connectivity index (χ1) is 6.45. The van der Waals surface area contributed by atoms with Crippen molar-refractivity contribution in [2.24, 2.45) is 0 Å². The van der Waals surface area contributed by atoms with Crippen molar-refractivity contribution < 1.29 is 13.2 Å². The molecule has 1 aromatic heterocycles. The van der Waals surface area contributed by atoms with Gasteiger partial charge in [-0.1, -0.05) is 0 Å². The summed E-state index contributed by atoms with van der Waals surface area (Å²) < 4.78 is 27.4. The van der Waals surface area contributed by atoms with Crippen molar-refractivity contribution in [1.82, 2.24) is 4.98 Å². The third-order valence-electron chi connectivity index (χ3n) is 1.58. The zero-order chi connectivity index (χ0) is 10.8. The maximum Gasteiger partial charge on any atom is 0.177 e. The van der Waals surface area contributed by atoms with Crippen LogP contribution in [0.5, 0.6) is 5.75 Å². The van der Waals surface area contributed by atoms with Gasteiger partial charge in [-0.05, 0) is 6.92 Å². The molecular weight excluding hydrogens is 204 g/mol. The Morgan fingerprint density at radius 1 is 1.57 bits per heavy atom. The quantitative estimate of drug-likeness (QED) is 0.794. The first kappa shape index (κ1) is 10.8. The van der Waals surface area contributed by atoms with Crippen molar-refractivity contribution in [1.29, 1.82) is 0 Å². The standard InChI is InChI=1S/C8H12N2O3S/c1-3-13-7-4-6(14(2,11)12)5-10-8(7)9/h4-5H,3H2,1-2H3,(H2,9,10). The molecule has 0 bridgehead atoms. The molecular formula is C8H12N2O3S. The minimum atomic E-state index is -3.26. The van der Waals surface area contributed by atoms with Crippen molar-refractivity contribution in [3.05, 3.63) is 12.3 Å². The molecule has 6 heteroatoms. The van der Waals surface area contributed by atoms with Crippen LogP contribution in [-0.4, -0.2) is 26.3 Å². The van der Waals surface area contributed by atoms with E-state index in [4.69, 9.17) is 10.5 Å². The topological polar surface area (TPSA) is 82.3 Å². The van der Waals surface area contributed by atoms with Gasteiger partial charge in [-0.3, -0.25) is 0 Å². The number of rotatable bonds is 3. The lowest BCUT2D eigenvalue weighted by atomic mass is 10.4. The number of aromatic nitrogens is 1. The van der Waals surface area contributed by atoms with Gasteiger partial charge in [0.25, 0.3) is 0 Å². The summed E-state index contributed by atoms with van der Waals surface area (Å²) in [5, 5.41) is 0. The predicted octanol–water partition coefficient (Wildman–Crippen LogP) is 0.466. The van der Waals surface area contributed by atoms with Gasteiger partial charge in [0.15, 0.2) is 21.4 Å². The van der Waals surface area contributed by atoms with Crippen LogP contribution in [0.2, 0.25) is 0 Å². The van der Waals surface area contributed by atoms with E-state index in [1.165, 1.54) is 12.3 Å². The number of anilines is 1. The van der Waals surface area contributed by atoms with E-state index in [2.05, 4.69) is 4.98 Å². The lowest BCUT2D eigenvalue weighted by Gasteiger charge is -2.06. The summed E-state index contributed by atoms with van der Waals surface area (Å²) in [6.07, 6.45) is 2.32. The molecule has 2 N–H and O–H groups in total. The Morgan fingerprint density at radius 3 is 2.71 bits per heavy atom. The van der Waals surface area contributed by atoms with E-state index >= 15 is 0 Å². The Bertz CT molecular complexity index is 428. The van der Waals surface area contributed by atoms with E-state index in [0.717, 1.165) is 6.26 Å². The Balaban J connectivity index is 3.20. The van der Waals surface area contributed by atoms with Gasteiger partial charge in [0, 0.05) is 18.5 Å². The average molecular weight is 216 g/mol. The molecule has 1 rings (SSSR count). The summed E-state index contributed by atoms with van der Waals surface area (Å²) in [6.45, 7) is 2.20. The summed E-state index contributed by atoms with van der Waals surface area (Å²) in [5.41, 5.74) is 5.49. The predicted molar refractivity (Wildman–Crippen MR) is 52.9 cm³/mol. The molecule has 0 aromatic carbocycles. The van der Waals surface area contributed by atoms with Crippen molar-refractivity contribution in [3.8, 4) is 5.75 Å². The molecule has 0 aliphatic heterocycles. The van der Waals surface area contributed by atoms with E-state index in [1.807, 2.05) is 0 Å². The zero-order valence-electron chi connectivity index (χ0n) is 8.02. The van der Waals surface area contributed by atoms with Crippen molar-refractivity contribution >= 4 is 15.7 Å². The maximum absolute atomic E-state index is 11.2. The minimum Gasteiger partial charge on any atom is -0.490 e. The van der Waals surface area contributed by atoms with Gasteiger partial charge in [0.05, 0.1) is 11.5 Å². The number of hydrogen-bond acceptors (Lipinski definition) is 5. The molecule has 0 fully saturated rings. The molecule has 14 heavy (non-hydrogen) atoms. The van der Waals surface area contributed by atoms with E-state index in [-0.39, 0.29) is 10.7 Å². The van der Waals surface area contributed by atoms with Gasteiger partial charge in [-0.15, -0.1) is 0 Å². The van der Waals surface area contributed by atoms with Gasteiger partial charge < -0.3 is 10.5 Å². The van der Waals surface area contributed by atoms with Gasteiger partial charge in [-0.25, -0.2) is 13.4 Å². The number of nitrogen functional groups attached to an aromatic ring is 1. The molecule has 0 unspecified atom stereocenters. The van der Waals surface area contributed by atoms with Crippen molar-refractivity contribution in [3.63, 3.8) is 0 Å². The Hall–Kier alpha value is -1.30. The number of hydrogen-bond donors (Lipinski definition) is 1. The number of nitrogens with zero attached hydrogens (tertiary/aromatic N) is 1. The largest absolute Gasteiger partial charge is 0.490 e. The van der Waals surface area contributed by atoms with E-state index in [0.29, 0.717) is 12.4 Å². The van der Waals surface area contributed by atoms with Crippen LogP contribution in [0.25, 0.3) is 0 Å². The number of nitrogens with two attached hydrogens (primary N) is 1. The fourth-order valence-corrected chi connectivity index (χ4v) is 1.48. The molecule has 1 aromatic rings. The molecule has 0 aliphatic carbocycles. The third-order valence-corrected chi connectivity index (χ3v) is 2.66. The van der Waals surface area contributed by atoms with E-state index in [9.17, 15) is 8.42 Å². The second-order valence-corrected chi connectivity index (χ2v) is 4.78. The summed E-state index contributed by atoms with van der Waals surface area (Å²) in [4.78, 5) is 3.84. The fourth-order valence-electron chi connectivity index (χ4n) is 0.911. The van der Waals surface area contributed by atoms with Crippen LogP contribution >= 0.6 is 0 Å². The molecule has 1 heterocycles. The summed E-state index contributed by atoms with van der Waals surface area (Å²) in [5.74, 6) is 0.495. The molecule has 0 saturated heterocycles. The van der Waals surface area contributed by atoms with Crippen LogP contribution in [0.4, 0.5) is 5.82 Å². The molecule has 0 spiro atoms. The Labute approximate surface area is 82.8 Å². The van der Waals surface area contributed by atoms with Crippen LogP contribution in [-0.2, 0) is 9.84 Å². The fraction of sp³-hybridized carbons (Fsp3) is 0.375.